The molecule has 14 heavy (non-hydrogen) atoms. The molecule has 1 atom stereocenters. The van der Waals surface area contributed by atoms with Crippen LogP contribution in [0, 0.1) is 0 Å². The lowest BCUT2D eigenvalue weighted by Gasteiger charge is -2.09. The first-order valence-corrected chi connectivity index (χ1v) is 4.73. The van der Waals surface area contributed by atoms with E-state index in [2.05, 4.69) is 22.8 Å². The van der Waals surface area contributed by atoms with Crippen LogP contribution < -0.4 is 11.5 Å². The quantitative estimate of drug-likeness (QED) is 0.744. The van der Waals surface area contributed by atoms with E-state index in [0.717, 1.165) is 5.56 Å². The molecule has 0 aliphatic carbocycles. The lowest BCUT2D eigenvalue weighted by atomic mass is 10.1. The zero-order chi connectivity index (χ0) is 10.1. The van der Waals surface area contributed by atoms with Crippen LogP contribution in [0.15, 0.2) is 30.5 Å². The minimum absolute atomic E-state index is 0.0559. The molecule has 0 fully saturated rings. The van der Waals surface area contributed by atoms with Crippen LogP contribution in [0.25, 0.3) is 10.9 Å². The van der Waals surface area contributed by atoms with Gasteiger partial charge in [0, 0.05) is 31.3 Å². The van der Waals surface area contributed by atoms with Crippen molar-refractivity contribution in [2.24, 2.45) is 18.5 Å². The molecule has 1 aromatic heterocycles. The number of aryl methyl sites for hydroxylation is 1. The maximum atomic E-state index is 5.86. The van der Waals surface area contributed by atoms with E-state index in [1.54, 1.807) is 0 Å². The summed E-state index contributed by atoms with van der Waals surface area (Å²) in [5, 5.41) is 1.22. The lowest BCUT2D eigenvalue weighted by molar-refractivity contribution is 0.738. The van der Waals surface area contributed by atoms with Crippen molar-refractivity contribution in [3.63, 3.8) is 0 Å². The molecule has 0 bridgehead atoms. The Bertz CT molecular complexity index is 445. The SMILES string of the molecule is Cn1ccc2cc(C(N)CN)ccc21. The smallest absolute Gasteiger partial charge is 0.0477 e. The number of aromatic nitrogens is 1. The third kappa shape index (κ3) is 1.41. The monoisotopic (exact) mass is 189 g/mol. The highest BCUT2D eigenvalue weighted by molar-refractivity contribution is 5.80. The number of hydrogen-bond acceptors (Lipinski definition) is 2. The molecule has 3 heteroatoms. The Labute approximate surface area is 83.3 Å². The third-order valence-electron chi connectivity index (χ3n) is 2.59. The highest BCUT2D eigenvalue weighted by Gasteiger charge is 2.05. The number of fused-ring (bicyclic) bond motifs is 1. The molecule has 2 rings (SSSR count). The first kappa shape index (κ1) is 9.24. The molecule has 2 aromatic rings. The van der Waals surface area contributed by atoms with Gasteiger partial charge >= 0.3 is 0 Å². The van der Waals surface area contributed by atoms with Crippen molar-refractivity contribution in [1.29, 1.82) is 0 Å². The fourth-order valence-electron chi connectivity index (χ4n) is 1.67. The van der Waals surface area contributed by atoms with Crippen molar-refractivity contribution >= 4 is 10.9 Å². The molecule has 0 saturated heterocycles. The number of rotatable bonds is 2. The molecule has 0 spiro atoms. The molecule has 0 amide bonds. The summed E-state index contributed by atoms with van der Waals surface area (Å²) in [5.74, 6) is 0. The minimum Gasteiger partial charge on any atom is -0.351 e. The van der Waals surface area contributed by atoms with Crippen molar-refractivity contribution in [3.05, 3.63) is 36.0 Å². The van der Waals surface area contributed by atoms with Crippen molar-refractivity contribution < 1.29 is 0 Å². The molecule has 0 radical (unpaired) electrons. The molecule has 3 nitrogen and oxygen atoms in total. The molecule has 1 unspecified atom stereocenters. The standard InChI is InChI=1S/C11H15N3/c1-14-5-4-9-6-8(10(13)7-12)2-3-11(9)14/h2-6,10H,7,12-13H2,1H3. The van der Waals surface area contributed by atoms with Gasteiger partial charge in [-0.15, -0.1) is 0 Å². The van der Waals surface area contributed by atoms with Gasteiger partial charge in [-0.3, -0.25) is 0 Å². The van der Waals surface area contributed by atoms with Crippen LogP contribution in [0.3, 0.4) is 0 Å². The maximum absolute atomic E-state index is 5.86. The van der Waals surface area contributed by atoms with E-state index >= 15 is 0 Å². The van der Waals surface area contributed by atoms with E-state index in [1.807, 2.05) is 19.3 Å². The van der Waals surface area contributed by atoms with Gasteiger partial charge in [-0.05, 0) is 29.1 Å². The summed E-state index contributed by atoms with van der Waals surface area (Å²) in [6, 6.07) is 8.26. The second kappa shape index (κ2) is 3.44. The molecule has 0 saturated carbocycles. The molecule has 74 valence electrons. The number of benzene rings is 1. The van der Waals surface area contributed by atoms with Crippen LogP contribution in [0.2, 0.25) is 0 Å². The Balaban J connectivity index is 2.52. The van der Waals surface area contributed by atoms with Crippen LogP contribution in [0.1, 0.15) is 11.6 Å². The molecular weight excluding hydrogens is 174 g/mol. The summed E-state index contributed by atoms with van der Waals surface area (Å²) in [5.41, 5.74) is 13.7. The predicted octanol–water partition coefficient (Wildman–Crippen LogP) is 1.14. The Kier molecular flexibility index (Phi) is 2.27. The molecule has 4 N–H and O–H groups in total. The van der Waals surface area contributed by atoms with Crippen LogP contribution in [-0.2, 0) is 7.05 Å². The van der Waals surface area contributed by atoms with Crippen molar-refractivity contribution in [2.45, 2.75) is 6.04 Å². The Morgan fingerprint density at radius 3 is 2.86 bits per heavy atom. The van der Waals surface area contributed by atoms with Crippen molar-refractivity contribution in [2.75, 3.05) is 6.54 Å². The van der Waals surface area contributed by atoms with Gasteiger partial charge in [0.15, 0.2) is 0 Å². The zero-order valence-electron chi connectivity index (χ0n) is 8.27. The van der Waals surface area contributed by atoms with Crippen LogP contribution in [-0.4, -0.2) is 11.1 Å². The number of nitrogens with zero attached hydrogens (tertiary/aromatic N) is 1. The van der Waals surface area contributed by atoms with E-state index < -0.39 is 0 Å². The van der Waals surface area contributed by atoms with Crippen molar-refractivity contribution in [3.8, 4) is 0 Å². The van der Waals surface area contributed by atoms with Crippen LogP contribution in [0.5, 0.6) is 0 Å². The summed E-state index contributed by atoms with van der Waals surface area (Å²) < 4.78 is 2.09. The largest absolute Gasteiger partial charge is 0.351 e. The summed E-state index contributed by atoms with van der Waals surface area (Å²) >= 11 is 0. The van der Waals surface area contributed by atoms with Crippen molar-refractivity contribution in [1.82, 2.24) is 4.57 Å². The number of hydrogen-bond donors (Lipinski definition) is 2. The molecule has 1 heterocycles. The predicted molar refractivity (Wildman–Crippen MR) is 58.9 cm³/mol. The Morgan fingerprint density at radius 2 is 2.14 bits per heavy atom. The topological polar surface area (TPSA) is 57.0 Å². The fraction of sp³-hybridized carbons (Fsp3) is 0.273. The van der Waals surface area contributed by atoms with Gasteiger partial charge in [-0.25, -0.2) is 0 Å². The summed E-state index contributed by atoms with van der Waals surface area (Å²) in [6.07, 6.45) is 2.04. The van der Waals surface area contributed by atoms with Gasteiger partial charge in [0.2, 0.25) is 0 Å². The van der Waals surface area contributed by atoms with E-state index in [1.165, 1.54) is 10.9 Å². The molecule has 0 aliphatic heterocycles. The second-order valence-electron chi connectivity index (χ2n) is 3.59. The number of nitrogens with two attached hydrogens (primary N) is 2. The van der Waals surface area contributed by atoms with Gasteiger partial charge in [0.05, 0.1) is 0 Å². The summed E-state index contributed by atoms with van der Waals surface area (Å²) in [7, 11) is 2.03. The highest BCUT2D eigenvalue weighted by Crippen LogP contribution is 2.19. The van der Waals surface area contributed by atoms with Gasteiger partial charge < -0.3 is 16.0 Å². The maximum Gasteiger partial charge on any atom is 0.0477 e. The van der Waals surface area contributed by atoms with Crippen LogP contribution >= 0.6 is 0 Å². The van der Waals surface area contributed by atoms with E-state index in [4.69, 9.17) is 11.5 Å². The third-order valence-corrected chi connectivity index (χ3v) is 2.59. The Morgan fingerprint density at radius 1 is 1.36 bits per heavy atom. The molecule has 0 aliphatic rings. The Hall–Kier alpha value is -1.32. The normalized spacial score (nSPS) is 13.4. The average molecular weight is 189 g/mol. The summed E-state index contributed by atoms with van der Waals surface area (Å²) in [4.78, 5) is 0. The van der Waals surface area contributed by atoms with Gasteiger partial charge in [-0.1, -0.05) is 6.07 Å². The van der Waals surface area contributed by atoms with E-state index in [-0.39, 0.29) is 6.04 Å². The second-order valence-corrected chi connectivity index (χ2v) is 3.59. The summed E-state index contributed by atoms with van der Waals surface area (Å²) in [6.45, 7) is 0.484. The first-order valence-electron chi connectivity index (χ1n) is 4.73. The molecule has 1 aromatic carbocycles. The highest BCUT2D eigenvalue weighted by atomic mass is 14.9. The van der Waals surface area contributed by atoms with E-state index in [9.17, 15) is 0 Å². The van der Waals surface area contributed by atoms with Gasteiger partial charge in [-0.2, -0.15) is 0 Å². The fourth-order valence-corrected chi connectivity index (χ4v) is 1.67. The lowest BCUT2D eigenvalue weighted by Crippen LogP contribution is -2.20. The van der Waals surface area contributed by atoms with Gasteiger partial charge in [0.25, 0.3) is 0 Å². The first-order chi connectivity index (χ1) is 6.72. The zero-order valence-corrected chi connectivity index (χ0v) is 8.27. The minimum atomic E-state index is -0.0559. The van der Waals surface area contributed by atoms with Gasteiger partial charge in [0.1, 0.15) is 0 Å². The van der Waals surface area contributed by atoms with E-state index in [0.29, 0.717) is 6.54 Å². The van der Waals surface area contributed by atoms with Crippen LogP contribution in [0.4, 0.5) is 0 Å². The molecular formula is C11H15N3. The average Bonchev–Trinajstić information content (AvgIpc) is 2.59.